The molecule has 0 N–H and O–H groups in total. The zero-order valence-electron chi connectivity index (χ0n) is 18.4. The van der Waals surface area contributed by atoms with Crippen molar-refractivity contribution in [2.45, 2.75) is 38.0 Å². The lowest BCUT2D eigenvalue weighted by Crippen LogP contribution is -2.36. The van der Waals surface area contributed by atoms with Gasteiger partial charge < -0.3 is 19.1 Å². The molecular weight excluding hydrogens is 402 g/mol. The molecule has 5 heteroatoms. The summed E-state index contributed by atoms with van der Waals surface area (Å²) < 4.78 is 17.3. The van der Waals surface area contributed by atoms with Gasteiger partial charge in [0.15, 0.2) is 17.3 Å². The molecule has 1 atom stereocenters. The van der Waals surface area contributed by atoms with Crippen LogP contribution in [0.2, 0.25) is 0 Å². The van der Waals surface area contributed by atoms with E-state index in [-0.39, 0.29) is 11.7 Å². The number of rotatable bonds is 2. The third-order valence-electron chi connectivity index (χ3n) is 7.01. The monoisotopic (exact) mass is 429 g/mol. The van der Waals surface area contributed by atoms with E-state index >= 15 is 0 Å². The fraction of sp³-hybridized carbons (Fsp3) is 0.370. The molecule has 32 heavy (non-hydrogen) atoms. The molecule has 4 aliphatic rings. The maximum Gasteiger partial charge on any atom is 0.161 e. The lowest BCUT2D eigenvalue weighted by molar-refractivity contribution is -0.116. The Bertz CT molecular complexity index is 1140. The van der Waals surface area contributed by atoms with Crippen molar-refractivity contribution in [1.29, 1.82) is 0 Å². The van der Waals surface area contributed by atoms with E-state index in [0.717, 1.165) is 60.6 Å². The molecule has 2 aromatic carbocycles. The summed E-state index contributed by atoms with van der Waals surface area (Å²) in [6.45, 7) is 2.26. The van der Waals surface area contributed by atoms with Crippen LogP contribution in [0.3, 0.4) is 0 Å². The Balaban J connectivity index is 1.50. The Morgan fingerprint density at radius 1 is 0.969 bits per heavy atom. The van der Waals surface area contributed by atoms with Crippen LogP contribution >= 0.6 is 0 Å². The standard InChI is InChI=1S/C27H27NO4/c1-30-19-8-6-17(7-9-19)21-15-23-20-16-26-25(31-12-3-13-32-26)14-18(20)10-11-28(23)22-4-2-5-24(29)27(21)22/h6-9,14-16,21H,2-5,10-13H2,1H3/t21-/m1/s1. The largest absolute Gasteiger partial charge is 0.497 e. The summed E-state index contributed by atoms with van der Waals surface area (Å²) in [6, 6.07) is 12.4. The molecule has 0 bridgehead atoms. The third-order valence-corrected chi connectivity index (χ3v) is 7.01. The Morgan fingerprint density at radius 2 is 1.75 bits per heavy atom. The Morgan fingerprint density at radius 3 is 2.53 bits per heavy atom. The molecule has 3 aliphatic heterocycles. The number of benzene rings is 2. The zero-order chi connectivity index (χ0) is 21.7. The van der Waals surface area contributed by atoms with Gasteiger partial charge in [-0.3, -0.25) is 4.79 Å². The number of hydrogen-bond acceptors (Lipinski definition) is 5. The van der Waals surface area contributed by atoms with Gasteiger partial charge in [-0.2, -0.15) is 0 Å². The average molecular weight is 430 g/mol. The van der Waals surface area contributed by atoms with Gasteiger partial charge in [-0.25, -0.2) is 0 Å². The number of hydrogen-bond donors (Lipinski definition) is 0. The van der Waals surface area contributed by atoms with E-state index in [0.29, 0.717) is 19.6 Å². The molecule has 5 nitrogen and oxygen atoms in total. The van der Waals surface area contributed by atoms with Crippen molar-refractivity contribution in [3.63, 3.8) is 0 Å². The van der Waals surface area contributed by atoms with Crippen LogP contribution in [0.4, 0.5) is 0 Å². The van der Waals surface area contributed by atoms with E-state index in [1.54, 1.807) is 7.11 Å². The van der Waals surface area contributed by atoms with Crippen LogP contribution in [0.1, 0.15) is 48.3 Å². The fourth-order valence-electron chi connectivity index (χ4n) is 5.45. The second-order valence-electron chi connectivity index (χ2n) is 8.85. The molecule has 164 valence electrons. The Kier molecular flexibility index (Phi) is 4.71. The minimum Gasteiger partial charge on any atom is -0.497 e. The number of allylic oxidation sites excluding steroid dienone is 3. The summed E-state index contributed by atoms with van der Waals surface area (Å²) in [7, 11) is 1.68. The van der Waals surface area contributed by atoms with Gasteiger partial charge in [0, 0.05) is 47.8 Å². The van der Waals surface area contributed by atoms with Crippen molar-refractivity contribution in [1.82, 2.24) is 4.90 Å². The second kappa shape index (κ2) is 7.73. The number of carbonyl (C=O) groups is 1. The number of carbonyl (C=O) groups excluding carboxylic acids is 1. The minimum atomic E-state index is -0.0446. The van der Waals surface area contributed by atoms with Gasteiger partial charge in [-0.1, -0.05) is 12.1 Å². The molecule has 0 fully saturated rings. The van der Waals surface area contributed by atoms with Crippen molar-refractivity contribution in [2.75, 3.05) is 26.9 Å². The van der Waals surface area contributed by atoms with Crippen LogP contribution in [-0.2, 0) is 11.2 Å². The lowest BCUT2D eigenvalue weighted by atomic mass is 9.77. The third kappa shape index (κ3) is 3.10. The van der Waals surface area contributed by atoms with Gasteiger partial charge in [0.2, 0.25) is 0 Å². The van der Waals surface area contributed by atoms with Gasteiger partial charge in [0.1, 0.15) is 5.75 Å². The van der Waals surface area contributed by atoms with Crippen LogP contribution in [0.5, 0.6) is 17.2 Å². The van der Waals surface area contributed by atoms with E-state index < -0.39 is 0 Å². The number of fused-ring (bicyclic) bond motifs is 5. The van der Waals surface area contributed by atoms with E-state index in [9.17, 15) is 4.79 Å². The quantitative estimate of drug-likeness (QED) is 0.682. The van der Waals surface area contributed by atoms with Crippen LogP contribution in [0, 0.1) is 0 Å². The van der Waals surface area contributed by atoms with Crippen LogP contribution in [-0.4, -0.2) is 37.6 Å². The first-order chi connectivity index (χ1) is 15.7. The molecular formula is C27H27NO4. The van der Waals surface area contributed by atoms with E-state index in [1.807, 2.05) is 12.1 Å². The fourth-order valence-corrected chi connectivity index (χ4v) is 5.45. The summed E-state index contributed by atoms with van der Waals surface area (Å²) in [5, 5.41) is 0. The van der Waals surface area contributed by atoms with Crippen molar-refractivity contribution >= 4 is 11.5 Å². The van der Waals surface area contributed by atoms with Gasteiger partial charge in [-0.05, 0) is 60.7 Å². The van der Waals surface area contributed by atoms with E-state index in [4.69, 9.17) is 14.2 Å². The second-order valence-corrected chi connectivity index (χ2v) is 8.85. The van der Waals surface area contributed by atoms with Crippen LogP contribution in [0.25, 0.3) is 5.70 Å². The van der Waals surface area contributed by atoms with Gasteiger partial charge >= 0.3 is 0 Å². The first-order valence-electron chi connectivity index (χ1n) is 11.6. The van der Waals surface area contributed by atoms with E-state index in [1.165, 1.54) is 22.5 Å². The van der Waals surface area contributed by atoms with Gasteiger partial charge in [0.25, 0.3) is 0 Å². The maximum absolute atomic E-state index is 13.1. The highest BCUT2D eigenvalue weighted by Crippen LogP contribution is 2.48. The first-order valence-corrected chi connectivity index (χ1v) is 11.6. The lowest BCUT2D eigenvalue weighted by Gasteiger charge is -2.43. The van der Waals surface area contributed by atoms with Crippen LogP contribution < -0.4 is 14.2 Å². The molecule has 0 aromatic heterocycles. The molecule has 0 radical (unpaired) electrons. The molecule has 0 saturated heterocycles. The molecule has 3 heterocycles. The molecule has 0 unspecified atom stereocenters. The van der Waals surface area contributed by atoms with Crippen LogP contribution in [0.15, 0.2) is 53.7 Å². The minimum absolute atomic E-state index is 0.0446. The summed E-state index contributed by atoms with van der Waals surface area (Å²) >= 11 is 0. The highest BCUT2D eigenvalue weighted by molar-refractivity contribution is 6.00. The predicted molar refractivity (Wildman–Crippen MR) is 122 cm³/mol. The molecule has 1 aliphatic carbocycles. The van der Waals surface area contributed by atoms with Crippen molar-refractivity contribution < 1.29 is 19.0 Å². The summed E-state index contributed by atoms with van der Waals surface area (Å²) in [4.78, 5) is 15.5. The smallest absolute Gasteiger partial charge is 0.161 e. The normalized spacial score (nSPS) is 21.8. The Labute approximate surface area is 188 Å². The van der Waals surface area contributed by atoms with Crippen molar-refractivity contribution in [3.8, 4) is 17.2 Å². The van der Waals surface area contributed by atoms with Crippen molar-refractivity contribution in [2.24, 2.45) is 0 Å². The SMILES string of the molecule is COc1ccc([C@H]2C=C3c4cc5c(cc4CCN3C3=C2C(=O)CCC3)OCCCO5)cc1. The highest BCUT2D eigenvalue weighted by atomic mass is 16.5. The molecule has 0 amide bonds. The number of nitrogens with zero attached hydrogens (tertiary/aromatic N) is 1. The number of ether oxygens (including phenoxy) is 3. The summed E-state index contributed by atoms with van der Waals surface area (Å²) in [5.74, 6) is 2.74. The molecule has 6 rings (SSSR count). The average Bonchev–Trinajstić information content (AvgIpc) is 3.07. The summed E-state index contributed by atoms with van der Waals surface area (Å²) in [6.07, 6.45) is 6.62. The highest BCUT2D eigenvalue weighted by Gasteiger charge is 2.38. The summed E-state index contributed by atoms with van der Waals surface area (Å²) in [5.41, 5.74) is 6.98. The van der Waals surface area contributed by atoms with Gasteiger partial charge in [-0.15, -0.1) is 0 Å². The molecule has 2 aromatic rings. The molecule has 0 saturated carbocycles. The molecule has 0 spiro atoms. The van der Waals surface area contributed by atoms with Crippen molar-refractivity contribution in [3.05, 3.63) is 70.4 Å². The first kappa shape index (κ1) is 19.5. The van der Waals surface area contributed by atoms with E-state index in [2.05, 4.69) is 35.2 Å². The van der Waals surface area contributed by atoms with Gasteiger partial charge in [0.05, 0.1) is 20.3 Å². The Hall–Kier alpha value is -3.21. The zero-order valence-corrected chi connectivity index (χ0v) is 18.4. The maximum atomic E-state index is 13.1. The number of Topliss-reactive ketones (excluding diaryl/α,β-unsaturated/α-hetero) is 1. The predicted octanol–water partition coefficient (Wildman–Crippen LogP) is 4.86. The number of ketones is 1. The number of methoxy groups -OCH3 is 1. The topological polar surface area (TPSA) is 48.0 Å².